The number of rotatable bonds is 3. The van der Waals surface area contributed by atoms with Crippen LogP contribution < -0.4 is 0 Å². The second kappa shape index (κ2) is 4.53. The van der Waals surface area contributed by atoms with E-state index in [0.29, 0.717) is 0 Å². The van der Waals surface area contributed by atoms with Crippen molar-refractivity contribution >= 4 is 10.9 Å². The van der Waals surface area contributed by atoms with E-state index in [9.17, 15) is 0 Å². The first-order valence-corrected chi connectivity index (χ1v) is 6.61. The van der Waals surface area contributed by atoms with E-state index in [0.717, 1.165) is 6.54 Å². The maximum atomic E-state index is 2.57. The summed E-state index contributed by atoms with van der Waals surface area (Å²) in [5, 5.41) is 1.40. The Morgan fingerprint density at radius 2 is 1.82 bits per heavy atom. The van der Waals surface area contributed by atoms with E-state index in [2.05, 4.69) is 46.9 Å². The van der Waals surface area contributed by atoms with Crippen LogP contribution in [0.15, 0.2) is 30.5 Å². The smallest absolute Gasteiger partial charge is 0.0483 e. The molecule has 1 saturated heterocycles. The van der Waals surface area contributed by atoms with Crippen LogP contribution in [0.3, 0.4) is 0 Å². The first-order chi connectivity index (χ1) is 8.34. The molecular weight excluding hydrogens is 208 g/mol. The molecule has 1 aromatic carbocycles. The first-order valence-electron chi connectivity index (χ1n) is 6.61. The maximum Gasteiger partial charge on any atom is 0.0483 e. The van der Waals surface area contributed by atoms with E-state index in [1.165, 1.54) is 48.9 Å². The third-order valence-corrected chi connectivity index (χ3v) is 3.84. The highest BCUT2D eigenvalue weighted by Crippen LogP contribution is 2.20. The minimum atomic E-state index is 1.12. The van der Waals surface area contributed by atoms with Gasteiger partial charge in [-0.2, -0.15) is 0 Å². The molecule has 0 aliphatic carbocycles. The van der Waals surface area contributed by atoms with Crippen LogP contribution in [-0.2, 0) is 6.54 Å². The first kappa shape index (κ1) is 10.8. The highest BCUT2D eigenvalue weighted by Gasteiger charge is 2.11. The van der Waals surface area contributed by atoms with Gasteiger partial charge in [0.2, 0.25) is 0 Å². The fourth-order valence-corrected chi connectivity index (χ4v) is 2.87. The van der Waals surface area contributed by atoms with Gasteiger partial charge < -0.3 is 9.47 Å². The number of hydrogen-bond donors (Lipinski definition) is 0. The fraction of sp³-hybridized carbons (Fsp3) is 0.467. The van der Waals surface area contributed by atoms with Gasteiger partial charge in [0.05, 0.1) is 0 Å². The Bertz CT molecular complexity index is 507. The average molecular weight is 228 g/mol. The maximum absolute atomic E-state index is 2.57. The van der Waals surface area contributed by atoms with Gasteiger partial charge in [-0.1, -0.05) is 18.2 Å². The summed E-state index contributed by atoms with van der Waals surface area (Å²) in [5.74, 6) is 0. The molecule has 0 atom stereocenters. The van der Waals surface area contributed by atoms with Gasteiger partial charge in [0, 0.05) is 30.2 Å². The highest BCUT2D eigenvalue weighted by atomic mass is 15.2. The normalized spacial score (nSPS) is 17.0. The molecule has 2 heterocycles. The number of para-hydroxylation sites is 1. The van der Waals surface area contributed by atoms with Crippen molar-refractivity contribution in [2.24, 2.45) is 0 Å². The molecule has 0 spiro atoms. The van der Waals surface area contributed by atoms with Crippen molar-refractivity contribution in [1.82, 2.24) is 9.47 Å². The summed E-state index contributed by atoms with van der Waals surface area (Å²) in [4.78, 5) is 2.57. The number of nitrogens with zero attached hydrogens (tertiary/aromatic N) is 2. The zero-order valence-corrected chi connectivity index (χ0v) is 10.5. The monoisotopic (exact) mass is 228 g/mol. The second-order valence-corrected chi connectivity index (χ2v) is 5.07. The lowest BCUT2D eigenvalue weighted by atomic mass is 10.2. The minimum Gasteiger partial charge on any atom is -0.346 e. The van der Waals surface area contributed by atoms with Gasteiger partial charge in [-0.05, 0) is 44.5 Å². The largest absolute Gasteiger partial charge is 0.346 e. The lowest BCUT2D eigenvalue weighted by Crippen LogP contribution is -2.23. The van der Waals surface area contributed by atoms with E-state index < -0.39 is 0 Å². The Labute approximate surface area is 103 Å². The van der Waals surface area contributed by atoms with Crippen LogP contribution in [0.2, 0.25) is 0 Å². The SMILES string of the molecule is Cc1cn(CCN2CCCC2)c2ccccc12. The Morgan fingerprint density at radius 3 is 2.65 bits per heavy atom. The number of aromatic nitrogens is 1. The molecule has 2 aromatic rings. The van der Waals surface area contributed by atoms with Crippen molar-refractivity contribution in [3.63, 3.8) is 0 Å². The number of hydrogen-bond acceptors (Lipinski definition) is 1. The van der Waals surface area contributed by atoms with Crippen molar-refractivity contribution in [3.8, 4) is 0 Å². The van der Waals surface area contributed by atoms with Crippen LogP contribution in [0.5, 0.6) is 0 Å². The van der Waals surface area contributed by atoms with Gasteiger partial charge in [-0.25, -0.2) is 0 Å². The van der Waals surface area contributed by atoms with E-state index in [1.54, 1.807) is 0 Å². The summed E-state index contributed by atoms with van der Waals surface area (Å²) >= 11 is 0. The van der Waals surface area contributed by atoms with E-state index in [-0.39, 0.29) is 0 Å². The lowest BCUT2D eigenvalue weighted by Gasteiger charge is -2.15. The predicted molar refractivity (Wildman–Crippen MR) is 72.3 cm³/mol. The summed E-state index contributed by atoms with van der Waals surface area (Å²) in [6, 6.07) is 8.71. The van der Waals surface area contributed by atoms with Gasteiger partial charge in [0.25, 0.3) is 0 Å². The molecule has 0 unspecified atom stereocenters. The number of likely N-dealkylation sites (tertiary alicyclic amines) is 1. The predicted octanol–water partition coefficient (Wildman–Crippen LogP) is 3.05. The average Bonchev–Trinajstić information content (AvgIpc) is 2.96. The number of benzene rings is 1. The number of aryl methyl sites for hydroxylation is 1. The van der Waals surface area contributed by atoms with Crippen LogP contribution in [0.25, 0.3) is 10.9 Å². The van der Waals surface area contributed by atoms with Crippen molar-refractivity contribution in [3.05, 3.63) is 36.0 Å². The molecule has 2 heteroatoms. The molecule has 0 amide bonds. The Morgan fingerprint density at radius 1 is 1.06 bits per heavy atom. The molecule has 1 fully saturated rings. The van der Waals surface area contributed by atoms with Crippen LogP contribution in [0, 0.1) is 6.92 Å². The Balaban J connectivity index is 1.80. The topological polar surface area (TPSA) is 8.17 Å². The van der Waals surface area contributed by atoms with Gasteiger partial charge in [-0.15, -0.1) is 0 Å². The van der Waals surface area contributed by atoms with E-state index in [4.69, 9.17) is 0 Å². The van der Waals surface area contributed by atoms with Gasteiger partial charge in [0.1, 0.15) is 0 Å². The Kier molecular flexibility index (Phi) is 2.89. The molecule has 0 saturated carbocycles. The zero-order valence-electron chi connectivity index (χ0n) is 10.5. The van der Waals surface area contributed by atoms with Crippen LogP contribution in [0.1, 0.15) is 18.4 Å². The molecule has 3 rings (SSSR count). The summed E-state index contributed by atoms with van der Waals surface area (Å²) in [6.45, 7) is 7.09. The molecule has 1 aliphatic heterocycles. The number of fused-ring (bicyclic) bond motifs is 1. The summed E-state index contributed by atoms with van der Waals surface area (Å²) < 4.78 is 2.41. The molecule has 1 aliphatic rings. The summed E-state index contributed by atoms with van der Waals surface area (Å²) in [5.41, 5.74) is 2.77. The fourth-order valence-electron chi connectivity index (χ4n) is 2.87. The molecule has 1 aromatic heterocycles. The quantitative estimate of drug-likeness (QED) is 0.784. The third kappa shape index (κ3) is 2.09. The molecule has 0 bridgehead atoms. The van der Waals surface area contributed by atoms with Crippen molar-refractivity contribution in [1.29, 1.82) is 0 Å². The van der Waals surface area contributed by atoms with Gasteiger partial charge >= 0.3 is 0 Å². The molecular formula is C15H20N2. The molecule has 0 radical (unpaired) electrons. The Hall–Kier alpha value is -1.28. The molecule has 0 N–H and O–H groups in total. The second-order valence-electron chi connectivity index (χ2n) is 5.07. The van der Waals surface area contributed by atoms with Crippen LogP contribution >= 0.6 is 0 Å². The van der Waals surface area contributed by atoms with Gasteiger partial charge in [-0.3, -0.25) is 0 Å². The van der Waals surface area contributed by atoms with E-state index >= 15 is 0 Å². The van der Waals surface area contributed by atoms with Gasteiger partial charge in [0.15, 0.2) is 0 Å². The van der Waals surface area contributed by atoms with Crippen molar-refractivity contribution < 1.29 is 0 Å². The minimum absolute atomic E-state index is 1.12. The third-order valence-electron chi connectivity index (χ3n) is 3.84. The summed E-state index contributed by atoms with van der Waals surface area (Å²) in [6.07, 6.45) is 5.05. The summed E-state index contributed by atoms with van der Waals surface area (Å²) in [7, 11) is 0. The highest BCUT2D eigenvalue weighted by molar-refractivity contribution is 5.83. The standard InChI is InChI=1S/C15H20N2/c1-13-12-17(11-10-16-8-4-5-9-16)15-7-3-2-6-14(13)15/h2-3,6-7,12H,4-5,8-11H2,1H3. The van der Waals surface area contributed by atoms with Crippen molar-refractivity contribution in [2.45, 2.75) is 26.3 Å². The zero-order chi connectivity index (χ0) is 11.7. The molecule has 17 heavy (non-hydrogen) atoms. The molecule has 90 valence electrons. The lowest BCUT2D eigenvalue weighted by molar-refractivity contribution is 0.324. The molecule has 2 nitrogen and oxygen atoms in total. The van der Waals surface area contributed by atoms with Crippen LogP contribution in [-0.4, -0.2) is 29.1 Å². The van der Waals surface area contributed by atoms with Crippen LogP contribution in [0.4, 0.5) is 0 Å². The van der Waals surface area contributed by atoms with E-state index in [1.807, 2.05) is 0 Å². The van der Waals surface area contributed by atoms with Crippen molar-refractivity contribution in [2.75, 3.05) is 19.6 Å².